The number of hydrogen-bond donors (Lipinski definition) is 2. The molecule has 4 nitrogen and oxygen atoms in total. The summed E-state index contributed by atoms with van der Waals surface area (Å²) in [7, 11) is 0. The zero-order valence-electron chi connectivity index (χ0n) is 13.0. The Hall–Kier alpha value is -3.40. The van der Waals surface area contributed by atoms with E-state index < -0.39 is 0 Å². The fraction of sp³-hybridized carbons (Fsp3) is 0. The highest BCUT2D eigenvalue weighted by atomic mass is 16.3. The summed E-state index contributed by atoms with van der Waals surface area (Å²) in [4.78, 5) is 8.24. The largest absolute Gasteiger partial charge is 0.508 e. The Balaban J connectivity index is 0.000000134. The van der Waals surface area contributed by atoms with Crippen LogP contribution in [0.5, 0.6) is 11.5 Å². The monoisotopic (exact) mass is 318 g/mol. The average Bonchev–Trinajstić information content (AvgIpc) is 2.64. The molecule has 120 valence electrons. The first-order valence-electron chi connectivity index (χ1n) is 7.39. The molecule has 0 radical (unpaired) electrons. The van der Waals surface area contributed by atoms with E-state index in [1.807, 2.05) is 36.4 Å². The standard InChI is InChI=1S/C8H6N2.2C6H6O/c1-2-4-8-7(3-1)9-5-6-10-8;2*7-6-4-2-1-3-5-6/h1-6H;2*1-5,7H. The van der Waals surface area contributed by atoms with Crippen LogP contribution in [0.1, 0.15) is 0 Å². The smallest absolute Gasteiger partial charge is 0.115 e. The van der Waals surface area contributed by atoms with E-state index in [0.717, 1.165) is 11.0 Å². The summed E-state index contributed by atoms with van der Waals surface area (Å²) in [6, 6.07) is 25.2. The predicted octanol–water partition coefficient (Wildman–Crippen LogP) is 4.41. The summed E-state index contributed by atoms with van der Waals surface area (Å²) < 4.78 is 0. The predicted molar refractivity (Wildman–Crippen MR) is 95.8 cm³/mol. The van der Waals surface area contributed by atoms with Crippen molar-refractivity contribution in [2.24, 2.45) is 0 Å². The first-order valence-corrected chi connectivity index (χ1v) is 7.39. The molecule has 0 amide bonds. The topological polar surface area (TPSA) is 66.2 Å². The molecule has 1 aromatic heterocycles. The van der Waals surface area contributed by atoms with E-state index in [4.69, 9.17) is 10.2 Å². The molecule has 24 heavy (non-hydrogen) atoms. The summed E-state index contributed by atoms with van der Waals surface area (Å²) in [6.45, 7) is 0. The molecule has 2 N–H and O–H groups in total. The fourth-order valence-corrected chi connectivity index (χ4v) is 1.77. The van der Waals surface area contributed by atoms with Crippen LogP contribution in [0.2, 0.25) is 0 Å². The Kier molecular flexibility index (Phi) is 6.77. The summed E-state index contributed by atoms with van der Waals surface area (Å²) in [6.07, 6.45) is 3.39. The third kappa shape index (κ3) is 6.15. The van der Waals surface area contributed by atoms with Crippen molar-refractivity contribution in [1.29, 1.82) is 0 Å². The van der Waals surface area contributed by atoms with Crippen molar-refractivity contribution in [3.05, 3.63) is 97.3 Å². The number of nitrogens with zero attached hydrogens (tertiary/aromatic N) is 2. The molecule has 0 fully saturated rings. The molecular formula is C20H18N2O2. The minimum Gasteiger partial charge on any atom is -0.508 e. The minimum atomic E-state index is 0.322. The van der Waals surface area contributed by atoms with Gasteiger partial charge in [0.2, 0.25) is 0 Å². The van der Waals surface area contributed by atoms with Crippen molar-refractivity contribution in [2.75, 3.05) is 0 Å². The molecule has 0 saturated heterocycles. The van der Waals surface area contributed by atoms with Gasteiger partial charge in [0.1, 0.15) is 11.5 Å². The van der Waals surface area contributed by atoms with Crippen LogP contribution < -0.4 is 0 Å². The molecule has 0 bridgehead atoms. The Morgan fingerprint density at radius 3 is 1.08 bits per heavy atom. The van der Waals surface area contributed by atoms with Gasteiger partial charge in [-0.25, -0.2) is 0 Å². The van der Waals surface area contributed by atoms with Gasteiger partial charge in [-0.05, 0) is 36.4 Å². The highest BCUT2D eigenvalue weighted by molar-refractivity contribution is 5.72. The van der Waals surface area contributed by atoms with Crippen molar-refractivity contribution in [3.63, 3.8) is 0 Å². The van der Waals surface area contributed by atoms with E-state index in [1.54, 1.807) is 60.9 Å². The highest BCUT2D eigenvalue weighted by Crippen LogP contribution is 2.05. The summed E-state index contributed by atoms with van der Waals surface area (Å²) >= 11 is 0. The van der Waals surface area contributed by atoms with Gasteiger partial charge in [-0.2, -0.15) is 0 Å². The number of rotatable bonds is 0. The SMILES string of the molecule is Oc1ccccc1.Oc1ccccc1.c1ccc2nccnc2c1. The van der Waals surface area contributed by atoms with E-state index in [9.17, 15) is 0 Å². The molecule has 0 atom stereocenters. The summed E-state index contributed by atoms with van der Waals surface area (Å²) in [5.41, 5.74) is 1.90. The molecule has 0 unspecified atom stereocenters. The molecule has 0 saturated carbocycles. The van der Waals surface area contributed by atoms with Crippen molar-refractivity contribution in [1.82, 2.24) is 9.97 Å². The molecule has 0 aliphatic heterocycles. The fourth-order valence-electron chi connectivity index (χ4n) is 1.77. The van der Waals surface area contributed by atoms with Gasteiger partial charge in [-0.1, -0.05) is 48.5 Å². The Labute approximate surface area is 140 Å². The summed E-state index contributed by atoms with van der Waals surface area (Å²) in [5, 5.41) is 17.3. The van der Waals surface area contributed by atoms with Crippen LogP contribution in [0.4, 0.5) is 0 Å². The zero-order valence-corrected chi connectivity index (χ0v) is 13.0. The van der Waals surface area contributed by atoms with Gasteiger partial charge in [0, 0.05) is 12.4 Å². The summed E-state index contributed by atoms with van der Waals surface area (Å²) in [5.74, 6) is 0.644. The van der Waals surface area contributed by atoms with Crippen LogP contribution in [0, 0.1) is 0 Å². The second-order valence-corrected chi connectivity index (χ2v) is 4.72. The lowest BCUT2D eigenvalue weighted by Crippen LogP contribution is -1.78. The highest BCUT2D eigenvalue weighted by Gasteiger charge is 1.88. The van der Waals surface area contributed by atoms with Gasteiger partial charge in [0.15, 0.2) is 0 Å². The number of phenolic OH excluding ortho intramolecular Hbond substituents is 2. The quantitative estimate of drug-likeness (QED) is 0.504. The number of benzene rings is 3. The number of fused-ring (bicyclic) bond motifs is 1. The zero-order chi connectivity index (χ0) is 17.0. The molecule has 4 aromatic rings. The number of phenols is 2. The molecule has 0 spiro atoms. The second-order valence-electron chi connectivity index (χ2n) is 4.72. The van der Waals surface area contributed by atoms with E-state index in [2.05, 4.69) is 9.97 Å². The van der Waals surface area contributed by atoms with Gasteiger partial charge in [0.05, 0.1) is 11.0 Å². The van der Waals surface area contributed by atoms with Crippen molar-refractivity contribution in [2.45, 2.75) is 0 Å². The second kappa shape index (κ2) is 9.58. The Bertz CT molecular complexity index is 734. The van der Waals surface area contributed by atoms with Crippen molar-refractivity contribution in [3.8, 4) is 11.5 Å². The molecule has 1 heterocycles. The number of hydrogen-bond acceptors (Lipinski definition) is 4. The van der Waals surface area contributed by atoms with Crippen LogP contribution in [-0.2, 0) is 0 Å². The Morgan fingerprint density at radius 1 is 0.458 bits per heavy atom. The lowest BCUT2D eigenvalue weighted by atomic mass is 10.3. The van der Waals surface area contributed by atoms with E-state index in [-0.39, 0.29) is 0 Å². The first kappa shape index (κ1) is 17.0. The maximum absolute atomic E-state index is 8.63. The van der Waals surface area contributed by atoms with Gasteiger partial charge >= 0.3 is 0 Å². The van der Waals surface area contributed by atoms with Gasteiger partial charge in [-0.3, -0.25) is 9.97 Å². The minimum absolute atomic E-state index is 0.322. The van der Waals surface area contributed by atoms with E-state index in [0.29, 0.717) is 11.5 Å². The van der Waals surface area contributed by atoms with Gasteiger partial charge in [-0.15, -0.1) is 0 Å². The first-order chi connectivity index (χ1) is 11.8. The van der Waals surface area contributed by atoms with Crippen LogP contribution in [0.15, 0.2) is 97.3 Å². The normalized spacial score (nSPS) is 9.17. The lowest BCUT2D eigenvalue weighted by Gasteiger charge is -1.90. The van der Waals surface area contributed by atoms with Crippen molar-refractivity contribution >= 4 is 11.0 Å². The molecule has 0 aliphatic rings. The van der Waals surface area contributed by atoms with Crippen LogP contribution in [0.3, 0.4) is 0 Å². The maximum atomic E-state index is 8.63. The van der Waals surface area contributed by atoms with Gasteiger partial charge < -0.3 is 10.2 Å². The third-order valence-corrected chi connectivity index (χ3v) is 2.89. The van der Waals surface area contributed by atoms with Crippen LogP contribution >= 0.6 is 0 Å². The molecular weight excluding hydrogens is 300 g/mol. The Morgan fingerprint density at radius 2 is 0.792 bits per heavy atom. The maximum Gasteiger partial charge on any atom is 0.115 e. The van der Waals surface area contributed by atoms with E-state index >= 15 is 0 Å². The number of aromatic nitrogens is 2. The molecule has 4 heteroatoms. The molecule has 4 rings (SSSR count). The third-order valence-electron chi connectivity index (χ3n) is 2.89. The van der Waals surface area contributed by atoms with Gasteiger partial charge in [0.25, 0.3) is 0 Å². The number of para-hydroxylation sites is 4. The van der Waals surface area contributed by atoms with Crippen LogP contribution in [0.25, 0.3) is 11.0 Å². The van der Waals surface area contributed by atoms with Crippen molar-refractivity contribution < 1.29 is 10.2 Å². The average molecular weight is 318 g/mol. The number of aromatic hydroxyl groups is 2. The molecule has 0 aliphatic carbocycles. The lowest BCUT2D eigenvalue weighted by molar-refractivity contribution is 0.475. The van der Waals surface area contributed by atoms with E-state index in [1.165, 1.54) is 0 Å². The molecule has 3 aromatic carbocycles. The van der Waals surface area contributed by atoms with Crippen LogP contribution in [-0.4, -0.2) is 20.2 Å².